The van der Waals surface area contributed by atoms with Crippen molar-refractivity contribution in [1.82, 2.24) is 39.8 Å². The smallest absolute Gasteiger partial charge is 0.209 e. The highest BCUT2D eigenvalue weighted by Crippen LogP contribution is 2.32. The number of anilines is 1. The van der Waals surface area contributed by atoms with E-state index in [1.54, 1.807) is 36.9 Å². The van der Waals surface area contributed by atoms with Gasteiger partial charge in [-0.3, -0.25) is 20.1 Å². The van der Waals surface area contributed by atoms with E-state index in [4.69, 9.17) is 4.98 Å². The standard InChI is InChI=1S/C27H24FN9O2S/c1-37(2)19-9-17(12-29-13-19)22-10-20-23(14-31-22)35-36-25(20)27-33-21-4-5-30-24(26(21)34-27)16-6-15(7-18(28)8-16)11-32-40(3,38)39/h4-10,12-14,32H,11H2,1-3H3,(H,33,34)(H,35,36). The first-order valence-corrected chi connectivity index (χ1v) is 14.1. The van der Waals surface area contributed by atoms with Crippen LogP contribution in [0.4, 0.5) is 10.1 Å². The fourth-order valence-electron chi connectivity index (χ4n) is 4.43. The van der Waals surface area contributed by atoms with Crippen molar-refractivity contribution in [1.29, 1.82) is 0 Å². The molecule has 3 N–H and O–H groups in total. The third-order valence-corrected chi connectivity index (χ3v) is 7.05. The van der Waals surface area contributed by atoms with E-state index in [1.165, 1.54) is 12.1 Å². The van der Waals surface area contributed by atoms with E-state index in [1.807, 2.05) is 31.1 Å². The fourth-order valence-corrected chi connectivity index (χ4v) is 4.86. The molecular weight excluding hydrogens is 533 g/mol. The average molecular weight is 558 g/mol. The lowest BCUT2D eigenvalue weighted by Gasteiger charge is -2.12. The number of imidazole rings is 1. The number of hydrogen-bond donors (Lipinski definition) is 3. The third-order valence-electron chi connectivity index (χ3n) is 6.38. The van der Waals surface area contributed by atoms with Gasteiger partial charge in [-0.1, -0.05) is 0 Å². The van der Waals surface area contributed by atoms with Crippen LogP contribution in [0.2, 0.25) is 0 Å². The zero-order valence-electron chi connectivity index (χ0n) is 21.8. The molecule has 0 spiro atoms. The van der Waals surface area contributed by atoms with E-state index in [0.717, 1.165) is 34.1 Å². The van der Waals surface area contributed by atoms with Gasteiger partial charge in [0, 0.05) is 49.5 Å². The lowest BCUT2D eigenvalue weighted by molar-refractivity contribution is 0.586. The van der Waals surface area contributed by atoms with Crippen LogP contribution in [-0.2, 0) is 16.6 Å². The molecule has 0 aliphatic heterocycles. The number of nitrogens with zero attached hydrogens (tertiary/aromatic N) is 6. The van der Waals surface area contributed by atoms with Crippen LogP contribution in [0.1, 0.15) is 5.56 Å². The Labute approximate surface area is 228 Å². The number of nitrogens with one attached hydrogen (secondary N) is 3. The Morgan fingerprint density at radius 1 is 0.975 bits per heavy atom. The van der Waals surface area contributed by atoms with Crippen molar-refractivity contribution < 1.29 is 12.8 Å². The number of halogens is 1. The first-order valence-electron chi connectivity index (χ1n) is 12.2. The number of sulfonamides is 1. The van der Waals surface area contributed by atoms with Gasteiger partial charge in [0.15, 0.2) is 5.82 Å². The second-order valence-electron chi connectivity index (χ2n) is 9.60. The zero-order valence-corrected chi connectivity index (χ0v) is 22.6. The fraction of sp³-hybridized carbons (Fsp3) is 0.148. The zero-order chi connectivity index (χ0) is 28.0. The Morgan fingerprint density at radius 3 is 2.62 bits per heavy atom. The summed E-state index contributed by atoms with van der Waals surface area (Å²) in [5, 5.41) is 8.31. The Bertz CT molecular complexity index is 2000. The SMILES string of the molecule is CN(C)c1cncc(-c2cc3c(-c4nc5c(-c6cc(F)cc(CNS(C)(=O)=O)c6)nccc5[nH]4)n[nH]c3cn2)c1. The quantitative estimate of drug-likeness (QED) is 0.268. The van der Waals surface area contributed by atoms with Gasteiger partial charge in [0.05, 0.1) is 46.8 Å². The van der Waals surface area contributed by atoms with E-state index in [0.29, 0.717) is 39.4 Å². The summed E-state index contributed by atoms with van der Waals surface area (Å²) in [5.74, 6) is -0.00768. The topological polar surface area (TPSA) is 145 Å². The Hall–Kier alpha value is -4.75. The minimum absolute atomic E-state index is 0.0476. The largest absolute Gasteiger partial charge is 0.376 e. The summed E-state index contributed by atoms with van der Waals surface area (Å²) in [6, 6.07) is 10.0. The van der Waals surface area contributed by atoms with Crippen molar-refractivity contribution in [3.8, 4) is 34.0 Å². The molecule has 0 fully saturated rings. The van der Waals surface area contributed by atoms with Crippen molar-refractivity contribution in [2.24, 2.45) is 0 Å². The molecule has 1 aromatic carbocycles. The minimum atomic E-state index is -3.44. The van der Waals surface area contributed by atoms with Crippen molar-refractivity contribution in [2.75, 3.05) is 25.3 Å². The summed E-state index contributed by atoms with van der Waals surface area (Å²) in [6.45, 7) is -0.0476. The van der Waals surface area contributed by atoms with Gasteiger partial charge in [-0.2, -0.15) is 5.10 Å². The summed E-state index contributed by atoms with van der Waals surface area (Å²) in [4.78, 5) is 23.5. The number of rotatable bonds is 7. The van der Waals surface area contributed by atoms with E-state index < -0.39 is 15.8 Å². The molecule has 0 radical (unpaired) electrons. The number of H-pyrrole nitrogens is 2. The van der Waals surface area contributed by atoms with Crippen LogP contribution in [0.25, 0.3) is 56.0 Å². The van der Waals surface area contributed by atoms with E-state index in [2.05, 4.69) is 34.9 Å². The Balaban J connectivity index is 1.42. The van der Waals surface area contributed by atoms with Gasteiger partial charge in [-0.15, -0.1) is 0 Å². The number of pyridine rings is 3. The summed E-state index contributed by atoms with van der Waals surface area (Å²) in [5.41, 5.74) is 6.49. The normalized spacial score (nSPS) is 11.9. The molecule has 6 aromatic rings. The molecule has 40 heavy (non-hydrogen) atoms. The molecule has 0 aliphatic rings. The molecule has 0 bridgehead atoms. The maximum atomic E-state index is 14.5. The second kappa shape index (κ2) is 9.77. The molecule has 5 aromatic heterocycles. The van der Waals surface area contributed by atoms with Crippen molar-refractivity contribution in [2.45, 2.75) is 6.54 Å². The van der Waals surface area contributed by atoms with Crippen molar-refractivity contribution in [3.63, 3.8) is 0 Å². The molecule has 202 valence electrons. The predicted octanol–water partition coefficient (Wildman–Crippen LogP) is 3.88. The van der Waals surface area contributed by atoms with Crippen LogP contribution >= 0.6 is 0 Å². The molecule has 0 saturated heterocycles. The maximum absolute atomic E-state index is 14.5. The second-order valence-corrected chi connectivity index (χ2v) is 11.4. The summed E-state index contributed by atoms with van der Waals surface area (Å²) >= 11 is 0. The molecule has 6 rings (SSSR count). The first kappa shape index (κ1) is 25.5. The summed E-state index contributed by atoms with van der Waals surface area (Å²) < 4.78 is 40.0. The van der Waals surface area contributed by atoms with Crippen LogP contribution in [0.15, 0.2) is 61.2 Å². The Kier molecular flexibility index (Phi) is 6.24. The van der Waals surface area contributed by atoms with Gasteiger partial charge in [-0.25, -0.2) is 22.5 Å². The molecule has 0 amide bonds. The molecular formula is C27H24FN9O2S. The van der Waals surface area contributed by atoms with Crippen molar-refractivity contribution in [3.05, 3.63) is 72.6 Å². The molecule has 0 atom stereocenters. The number of aromatic amines is 2. The molecule has 11 nitrogen and oxygen atoms in total. The highest BCUT2D eigenvalue weighted by molar-refractivity contribution is 7.88. The molecule has 0 aliphatic carbocycles. The maximum Gasteiger partial charge on any atom is 0.209 e. The van der Waals surface area contributed by atoms with Crippen LogP contribution in [0.3, 0.4) is 0 Å². The minimum Gasteiger partial charge on any atom is -0.376 e. The van der Waals surface area contributed by atoms with Gasteiger partial charge in [0.1, 0.15) is 17.0 Å². The molecule has 0 saturated carbocycles. The lowest BCUT2D eigenvalue weighted by Crippen LogP contribution is -2.21. The average Bonchev–Trinajstić information content (AvgIpc) is 3.55. The highest BCUT2D eigenvalue weighted by Gasteiger charge is 2.18. The van der Waals surface area contributed by atoms with Gasteiger partial charge in [0.25, 0.3) is 0 Å². The van der Waals surface area contributed by atoms with Gasteiger partial charge >= 0.3 is 0 Å². The highest BCUT2D eigenvalue weighted by atomic mass is 32.2. The molecule has 0 unspecified atom stereocenters. The Morgan fingerprint density at radius 2 is 1.82 bits per heavy atom. The molecule has 13 heteroatoms. The lowest BCUT2D eigenvalue weighted by atomic mass is 10.1. The predicted molar refractivity (Wildman–Crippen MR) is 151 cm³/mol. The summed E-state index contributed by atoms with van der Waals surface area (Å²) in [7, 11) is 0.464. The molecule has 5 heterocycles. The number of aromatic nitrogens is 7. The van der Waals surface area contributed by atoms with Gasteiger partial charge in [-0.05, 0) is 42.0 Å². The van der Waals surface area contributed by atoms with Crippen molar-refractivity contribution >= 4 is 37.6 Å². The number of fused-ring (bicyclic) bond motifs is 2. The monoisotopic (exact) mass is 557 g/mol. The third kappa shape index (κ3) is 4.99. The van der Waals surface area contributed by atoms with Gasteiger partial charge < -0.3 is 9.88 Å². The van der Waals surface area contributed by atoms with Gasteiger partial charge in [0.2, 0.25) is 10.0 Å². The first-order chi connectivity index (χ1) is 19.1. The van der Waals surface area contributed by atoms with Crippen LogP contribution in [0.5, 0.6) is 0 Å². The number of benzene rings is 1. The summed E-state index contributed by atoms with van der Waals surface area (Å²) in [6.07, 6.45) is 7.93. The van der Waals surface area contributed by atoms with E-state index in [-0.39, 0.29) is 6.54 Å². The van der Waals surface area contributed by atoms with Crippen LogP contribution < -0.4 is 9.62 Å². The van der Waals surface area contributed by atoms with Crippen LogP contribution in [-0.4, -0.2) is 63.9 Å². The van der Waals surface area contributed by atoms with E-state index in [9.17, 15) is 12.8 Å². The number of hydrogen-bond acceptors (Lipinski definition) is 8. The van der Waals surface area contributed by atoms with E-state index >= 15 is 0 Å². The van der Waals surface area contributed by atoms with Crippen LogP contribution in [0, 0.1) is 5.82 Å².